The molecule has 2 heterocycles. The van der Waals surface area contributed by atoms with E-state index < -0.39 is 6.04 Å². The maximum atomic E-state index is 12.5. The number of hydrogen-bond acceptors (Lipinski definition) is 4. The van der Waals surface area contributed by atoms with Gasteiger partial charge in [-0.3, -0.25) is 9.59 Å². The zero-order valence-corrected chi connectivity index (χ0v) is 14.0. The summed E-state index contributed by atoms with van der Waals surface area (Å²) < 4.78 is 5.09. The molecule has 0 aromatic heterocycles. The fraction of sp³-hybridized carbons (Fsp3) is 0.467. The number of rotatable bonds is 3. The molecule has 2 saturated heterocycles. The summed E-state index contributed by atoms with van der Waals surface area (Å²) in [5.74, 6) is 1.06. The molecular weight excluding hydrogens is 324 g/mol. The van der Waals surface area contributed by atoms with Gasteiger partial charge >= 0.3 is 0 Å². The Morgan fingerprint density at radius 2 is 2.32 bits per heavy atom. The summed E-state index contributed by atoms with van der Waals surface area (Å²) in [5, 5.41) is 3.27. The van der Waals surface area contributed by atoms with Crippen molar-refractivity contribution >= 4 is 40.9 Å². The van der Waals surface area contributed by atoms with Crippen LogP contribution in [0.2, 0.25) is 5.02 Å². The van der Waals surface area contributed by atoms with Crippen LogP contribution in [0.25, 0.3) is 0 Å². The molecule has 2 aliphatic heterocycles. The van der Waals surface area contributed by atoms with Crippen molar-refractivity contribution in [1.29, 1.82) is 0 Å². The number of amides is 2. The number of nitrogens with one attached hydrogen (secondary N) is 1. The highest BCUT2D eigenvalue weighted by molar-refractivity contribution is 8.01. The third-order valence-corrected chi connectivity index (χ3v) is 5.97. The number of thioether (sulfide) groups is 1. The molecule has 0 unspecified atom stereocenters. The van der Waals surface area contributed by atoms with Crippen molar-refractivity contribution in [2.45, 2.75) is 30.7 Å². The van der Waals surface area contributed by atoms with Crippen molar-refractivity contribution in [3.63, 3.8) is 0 Å². The van der Waals surface area contributed by atoms with Crippen molar-refractivity contribution in [2.75, 3.05) is 18.2 Å². The second-order valence-corrected chi connectivity index (χ2v) is 7.51. The van der Waals surface area contributed by atoms with Gasteiger partial charge in [0.2, 0.25) is 11.8 Å². The Bertz CT molecular complexity index is 639. The van der Waals surface area contributed by atoms with Crippen molar-refractivity contribution in [2.24, 2.45) is 0 Å². The minimum Gasteiger partial charge on any atom is -0.495 e. The van der Waals surface area contributed by atoms with E-state index in [1.165, 1.54) is 7.11 Å². The van der Waals surface area contributed by atoms with Crippen LogP contribution in [-0.2, 0) is 9.59 Å². The van der Waals surface area contributed by atoms with E-state index in [4.69, 9.17) is 16.3 Å². The molecule has 0 saturated carbocycles. The summed E-state index contributed by atoms with van der Waals surface area (Å²) in [5.41, 5.74) is 0.598. The average Bonchev–Trinajstić information content (AvgIpc) is 2.96. The molecule has 0 bridgehead atoms. The summed E-state index contributed by atoms with van der Waals surface area (Å²) in [6.07, 6.45) is 1.32. The van der Waals surface area contributed by atoms with Gasteiger partial charge in [0.25, 0.3) is 0 Å². The minimum absolute atomic E-state index is 0.0559. The zero-order valence-electron chi connectivity index (χ0n) is 12.4. The largest absolute Gasteiger partial charge is 0.495 e. The molecule has 0 spiro atoms. The van der Waals surface area contributed by atoms with E-state index in [2.05, 4.69) is 5.32 Å². The Hall–Kier alpha value is -1.40. The smallest absolute Gasteiger partial charge is 0.248 e. The predicted molar refractivity (Wildman–Crippen MR) is 87.4 cm³/mol. The average molecular weight is 341 g/mol. The minimum atomic E-state index is -0.425. The molecule has 1 N–H and O–H groups in total. The summed E-state index contributed by atoms with van der Waals surface area (Å²) in [6.45, 7) is 2.03. The van der Waals surface area contributed by atoms with Crippen LogP contribution in [0.1, 0.15) is 19.8 Å². The molecule has 118 valence electrons. The Morgan fingerprint density at radius 3 is 3.00 bits per heavy atom. The van der Waals surface area contributed by atoms with E-state index in [0.717, 1.165) is 6.42 Å². The SMILES string of the molecule is COc1ccc(NC(=O)[C@H]2CS[C@@]3(C)CCC(=O)N23)cc1Cl. The van der Waals surface area contributed by atoms with Gasteiger partial charge in [0.15, 0.2) is 0 Å². The van der Waals surface area contributed by atoms with Crippen LogP contribution in [0.3, 0.4) is 0 Å². The molecule has 3 rings (SSSR count). The number of carbonyl (C=O) groups excluding carboxylic acids is 2. The van der Waals surface area contributed by atoms with E-state index in [1.54, 1.807) is 34.9 Å². The first-order valence-electron chi connectivity index (χ1n) is 7.05. The van der Waals surface area contributed by atoms with Gasteiger partial charge in [-0.05, 0) is 31.5 Å². The molecule has 0 radical (unpaired) electrons. The maximum absolute atomic E-state index is 12.5. The van der Waals surface area contributed by atoms with Crippen LogP contribution < -0.4 is 10.1 Å². The normalized spacial score (nSPS) is 27.0. The Kier molecular flexibility index (Phi) is 3.99. The van der Waals surface area contributed by atoms with E-state index in [-0.39, 0.29) is 16.7 Å². The molecule has 7 heteroatoms. The molecule has 2 aliphatic rings. The molecule has 0 aliphatic carbocycles. The van der Waals surface area contributed by atoms with E-state index in [9.17, 15) is 9.59 Å². The van der Waals surface area contributed by atoms with Crippen LogP contribution >= 0.6 is 23.4 Å². The van der Waals surface area contributed by atoms with Gasteiger partial charge in [0.1, 0.15) is 11.8 Å². The third-order valence-electron chi connectivity index (χ3n) is 4.17. The molecule has 22 heavy (non-hydrogen) atoms. The highest BCUT2D eigenvalue weighted by Gasteiger charge is 2.52. The van der Waals surface area contributed by atoms with Gasteiger partial charge in [0.05, 0.1) is 17.0 Å². The molecule has 2 atom stereocenters. The van der Waals surface area contributed by atoms with E-state index in [1.807, 2.05) is 6.92 Å². The summed E-state index contributed by atoms with van der Waals surface area (Å²) >= 11 is 7.74. The fourth-order valence-electron chi connectivity index (χ4n) is 2.98. The van der Waals surface area contributed by atoms with Gasteiger partial charge in [-0.15, -0.1) is 11.8 Å². The van der Waals surface area contributed by atoms with Crippen LogP contribution in [0.4, 0.5) is 5.69 Å². The lowest BCUT2D eigenvalue weighted by atomic mass is 10.2. The van der Waals surface area contributed by atoms with E-state index >= 15 is 0 Å². The van der Waals surface area contributed by atoms with Crippen molar-refractivity contribution in [3.8, 4) is 5.75 Å². The fourth-order valence-corrected chi connectivity index (χ4v) is 4.67. The number of hydrogen-bond donors (Lipinski definition) is 1. The second kappa shape index (κ2) is 5.66. The number of benzene rings is 1. The molecule has 1 aromatic carbocycles. The quantitative estimate of drug-likeness (QED) is 0.919. The van der Waals surface area contributed by atoms with Gasteiger partial charge < -0.3 is 15.0 Å². The number of halogens is 1. The monoisotopic (exact) mass is 340 g/mol. The van der Waals surface area contributed by atoms with Crippen molar-refractivity contribution < 1.29 is 14.3 Å². The van der Waals surface area contributed by atoms with Gasteiger partial charge in [-0.2, -0.15) is 0 Å². The number of nitrogens with zero attached hydrogens (tertiary/aromatic N) is 1. The number of ether oxygens (including phenoxy) is 1. The van der Waals surface area contributed by atoms with Crippen molar-refractivity contribution in [1.82, 2.24) is 4.90 Å². The molecule has 2 amide bonds. The van der Waals surface area contributed by atoms with Gasteiger partial charge in [-0.1, -0.05) is 11.6 Å². The lowest BCUT2D eigenvalue weighted by Crippen LogP contribution is -2.48. The predicted octanol–water partition coefficient (Wildman–Crippen LogP) is 2.74. The van der Waals surface area contributed by atoms with Crippen LogP contribution in [-0.4, -0.2) is 40.5 Å². The summed E-state index contributed by atoms with van der Waals surface area (Å²) in [4.78, 5) is 26.1. The van der Waals surface area contributed by atoms with Gasteiger partial charge in [-0.25, -0.2) is 0 Å². The summed E-state index contributed by atoms with van der Waals surface area (Å²) in [6, 6.07) is 4.65. The Morgan fingerprint density at radius 1 is 1.55 bits per heavy atom. The van der Waals surface area contributed by atoms with Crippen LogP contribution in [0.5, 0.6) is 5.75 Å². The second-order valence-electron chi connectivity index (χ2n) is 5.60. The standard InChI is InChI=1S/C15H17ClN2O3S/c1-15-6-5-13(19)18(15)11(8-22-15)14(20)17-9-3-4-12(21-2)10(16)7-9/h3-4,7,11H,5-6,8H2,1-2H3,(H,17,20)/t11-,15+/m1/s1. The highest BCUT2D eigenvalue weighted by atomic mass is 35.5. The zero-order chi connectivity index (χ0) is 15.9. The van der Waals surface area contributed by atoms with E-state index in [0.29, 0.717) is 28.6 Å². The molecule has 2 fully saturated rings. The summed E-state index contributed by atoms with van der Waals surface area (Å²) in [7, 11) is 1.54. The molecule has 5 nitrogen and oxygen atoms in total. The van der Waals surface area contributed by atoms with Crippen molar-refractivity contribution in [3.05, 3.63) is 23.2 Å². The first-order valence-corrected chi connectivity index (χ1v) is 8.41. The lowest BCUT2D eigenvalue weighted by Gasteiger charge is -2.29. The Balaban J connectivity index is 1.75. The van der Waals surface area contributed by atoms with Crippen LogP contribution in [0, 0.1) is 0 Å². The number of carbonyl (C=O) groups is 2. The molecular formula is C15H17ClN2O3S. The first kappa shape index (κ1) is 15.5. The maximum Gasteiger partial charge on any atom is 0.248 e. The Labute approximate surface area is 138 Å². The molecule has 1 aromatic rings. The first-order chi connectivity index (χ1) is 10.4. The van der Waals surface area contributed by atoms with Crippen LogP contribution in [0.15, 0.2) is 18.2 Å². The lowest BCUT2D eigenvalue weighted by molar-refractivity contribution is -0.135. The highest BCUT2D eigenvalue weighted by Crippen LogP contribution is 2.47. The van der Waals surface area contributed by atoms with Gasteiger partial charge in [0, 0.05) is 17.9 Å². The number of methoxy groups -OCH3 is 1. The third kappa shape index (κ3) is 2.54. The number of anilines is 1. The topological polar surface area (TPSA) is 58.6 Å². The number of fused-ring (bicyclic) bond motifs is 1.